The third-order valence-electron chi connectivity index (χ3n) is 5.87. The number of benzene rings is 4. The van der Waals surface area contributed by atoms with E-state index in [0.717, 1.165) is 58.9 Å². The highest BCUT2D eigenvalue weighted by atomic mass is 79.9. The number of hydrogen-bond donors (Lipinski definition) is 0. The number of hydrogen-bond acceptors (Lipinski definition) is 3. The Kier molecular flexibility index (Phi) is 5.55. The van der Waals surface area contributed by atoms with Crippen LogP contribution in [0.1, 0.15) is 11.1 Å². The quantitative estimate of drug-likeness (QED) is 0.211. The van der Waals surface area contributed by atoms with E-state index in [1.807, 2.05) is 54.6 Å². The Morgan fingerprint density at radius 1 is 0.735 bits per heavy atom. The van der Waals surface area contributed by atoms with Crippen molar-refractivity contribution in [3.05, 3.63) is 111 Å². The van der Waals surface area contributed by atoms with Crippen LogP contribution in [0.25, 0.3) is 33.1 Å². The zero-order chi connectivity index (χ0) is 23.1. The van der Waals surface area contributed by atoms with E-state index in [-0.39, 0.29) is 0 Å². The van der Waals surface area contributed by atoms with Crippen molar-refractivity contribution in [3.63, 3.8) is 0 Å². The third kappa shape index (κ3) is 3.97. The van der Waals surface area contributed by atoms with Gasteiger partial charge in [0.1, 0.15) is 17.9 Å². The van der Waals surface area contributed by atoms with Gasteiger partial charge in [-0.3, -0.25) is 0 Å². The van der Waals surface area contributed by atoms with Gasteiger partial charge >= 0.3 is 0 Å². The molecule has 0 bridgehead atoms. The maximum absolute atomic E-state index is 5.96. The molecule has 2 aromatic heterocycles. The van der Waals surface area contributed by atoms with E-state index in [1.54, 1.807) is 0 Å². The van der Waals surface area contributed by atoms with Crippen LogP contribution in [0.5, 0.6) is 5.75 Å². The first-order valence-corrected chi connectivity index (χ1v) is 12.5. The summed E-state index contributed by atoms with van der Waals surface area (Å²) in [6, 6.07) is 30.7. The van der Waals surface area contributed by atoms with Gasteiger partial charge in [-0.15, -0.1) is 0 Å². The van der Waals surface area contributed by atoms with Crippen LogP contribution in [-0.4, -0.2) is 14.5 Å². The maximum Gasteiger partial charge on any atom is 0.160 e. The summed E-state index contributed by atoms with van der Waals surface area (Å²) in [6.45, 7) is 1.23. The van der Waals surface area contributed by atoms with Crippen LogP contribution in [0.4, 0.5) is 0 Å². The van der Waals surface area contributed by atoms with Crippen LogP contribution in [-0.2, 0) is 13.2 Å². The minimum atomic E-state index is 0.553. The number of fused-ring (bicyclic) bond motifs is 4. The van der Waals surface area contributed by atoms with E-state index in [2.05, 4.69) is 72.8 Å². The van der Waals surface area contributed by atoms with Crippen molar-refractivity contribution in [1.82, 2.24) is 14.5 Å². The summed E-state index contributed by atoms with van der Waals surface area (Å²) in [5.74, 6) is 0.853. The summed E-state index contributed by atoms with van der Waals surface area (Å²) in [7, 11) is 0. The summed E-state index contributed by atoms with van der Waals surface area (Å²) in [5, 5.41) is 1.07. The number of para-hydroxylation sites is 2. The molecule has 0 aliphatic rings. The van der Waals surface area contributed by atoms with Crippen molar-refractivity contribution < 1.29 is 4.74 Å². The second kappa shape index (κ2) is 8.85. The molecule has 2 heterocycles. The van der Waals surface area contributed by atoms with Crippen molar-refractivity contribution >= 4 is 65.0 Å². The largest absolute Gasteiger partial charge is 0.489 e. The van der Waals surface area contributed by atoms with Crippen LogP contribution >= 0.6 is 31.9 Å². The number of ether oxygens (including phenoxy) is 1. The molecule has 0 fully saturated rings. The predicted octanol–water partition coefficient (Wildman–Crippen LogP) is 7.89. The predicted molar refractivity (Wildman–Crippen MR) is 144 cm³/mol. The van der Waals surface area contributed by atoms with E-state index >= 15 is 0 Å². The zero-order valence-corrected chi connectivity index (χ0v) is 21.3. The molecule has 6 heteroatoms. The lowest BCUT2D eigenvalue weighted by molar-refractivity contribution is 0.306. The summed E-state index contributed by atoms with van der Waals surface area (Å²) in [5.41, 5.74) is 6.95. The molecule has 0 radical (unpaired) electrons. The molecule has 0 aliphatic carbocycles. The number of nitrogens with zero attached hydrogens (tertiary/aromatic N) is 3. The number of halogens is 2. The van der Waals surface area contributed by atoms with Crippen molar-refractivity contribution in [1.29, 1.82) is 0 Å². The van der Waals surface area contributed by atoms with Crippen molar-refractivity contribution in [2.75, 3.05) is 0 Å². The number of rotatable bonds is 5. The molecule has 0 N–H and O–H groups in total. The van der Waals surface area contributed by atoms with E-state index < -0.39 is 0 Å². The molecule has 0 aliphatic heterocycles. The second-order valence-corrected chi connectivity index (χ2v) is 9.94. The Morgan fingerprint density at radius 2 is 1.44 bits per heavy atom. The standard InChI is InChI=1S/C28H19Br2N3O/c29-20-14-22-26-28(32-25-9-5-4-8-24(25)31-26)33(27(22)23(30)15-20)16-18-10-12-21(13-11-18)34-17-19-6-2-1-3-7-19/h1-15H,16-17H2. The van der Waals surface area contributed by atoms with Crippen molar-refractivity contribution in [2.24, 2.45) is 0 Å². The Labute approximate surface area is 213 Å². The minimum Gasteiger partial charge on any atom is -0.489 e. The molecule has 166 valence electrons. The highest BCUT2D eigenvalue weighted by Crippen LogP contribution is 2.36. The summed E-state index contributed by atoms with van der Waals surface area (Å²) in [4.78, 5) is 9.97. The van der Waals surface area contributed by atoms with Gasteiger partial charge in [0.2, 0.25) is 0 Å². The first kappa shape index (κ1) is 21.3. The summed E-state index contributed by atoms with van der Waals surface area (Å²) >= 11 is 7.41. The van der Waals surface area contributed by atoms with E-state index in [0.29, 0.717) is 13.2 Å². The average molecular weight is 573 g/mol. The molecule has 4 nitrogen and oxygen atoms in total. The van der Waals surface area contributed by atoms with E-state index in [1.165, 1.54) is 0 Å². The van der Waals surface area contributed by atoms with Gasteiger partial charge in [-0.25, -0.2) is 9.97 Å². The molecule has 34 heavy (non-hydrogen) atoms. The number of aromatic nitrogens is 3. The normalized spacial score (nSPS) is 11.5. The van der Waals surface area contributed by atoms with Crippen LogP contribution in [0.3, 0.4) is 0 Å². The van der Waals surface area contributed by atoms with Gasteiger partial charge in [-0.05, 0) is 63.5 Å². The first-order chi connectivity index (χ1) is 16.7. The molecule has 0 atom stereocenters. The molecule has 6 aromatic rings. The molecular weight excluding hydrogens is 554 g/mol. The molecule has 0 saturated heterocycles. The zero-order valence-electron chi connectivity index (χ0n) is 18.1. The Hall–Kier alpha value is -3.22. The van der Waals surface area contributed by atoms with Gasteiger partial charge in [0.05, 0.1) is 16.6 Å². The Morgan fingerprint density at radius 3 is 2.21 bits per heavy atom. The SMILES string of the molecule is Brc1cc(Br)c2c(c1)c1nc3ccccc3nc1n2Cc1ccc(OCc2ccccc2)cc1. The summed E-state index contributed by atoms with van der Waals surface area (Å²) < 4.78 is 10.2. The molecule has 0 amide bonds. The molecule has 6 rings (SSSR count). The average Bonchev–Trinajstić information content (AvgIpc) is 3.15. The molecule has 4 aromatic carbocycles. The fourth-order valence-corrected chi connectivity index (χ4v) is 5.69. The Balaban J connectivity index is 1.39. The first-order valence-electron chi connectivity index (χ1n) is 10.9. The fourth-order valence-electron chi connectivity index (χ4n) is 4.25. The third-order valence-corrected chi connectivity index (χ3v) is 6.94. The van der Waals surface area contributed by atoms with Crippen LogP contribution in [0, 0.1) is 0 Å². The van der Waals surface area contributed by atoms with Crippen molar-refractivity contribution in [2.45, 2.75) is 13.2 Å². The van der Waals surface area contributed by atoms with Gasteiger partial charge in [-0.1, -0.05) is 70.5 Å². The van der Waals surface area contributed by atoms with Gasteiger partial charge < -0.3 is 9.30 Å². The monoisotopic (exact) mass is 571 g/mol. The molecule has 0 unspecified atom stereocenters. The summed E-state index contributed by atoms with van der Waals surface area (Å²) in [6.07, 6.45) is 0. The topological polar surface area (TPSA) is 39.9 Å². The molecular formula is C28H19Br2N3O. The van der Waals surface area contributed by atoms with E-state index in [4.69, 9.17) is 14.7 Å². The van der Waals surface area contributed by atoms with E-state index in [9.17, 15) is 0 Å². The lowest BCUT2D eigenvalue weighted by atomic mass is 10.2. The van der Waals surface area contributed by atoms with Crippen LogP contribution < -0.4 is 4.74 Å². The second-order valence-electron chi connectivity index (χ2n) is 8.17. The Bertz CT molecular complexity index is 1640. The highest BCUT2D eigenvalue weighted by Gasteiger charge is 2.18. The van der Waals surface area contributed by atoms with Crippen molar-refractivity contribution in [3.8, 4) is 5.75 Å². The fraction of sp³-hybridized carbons (Fsp3) is 0.0714. The van der Waals surface area contributed by atoms with Gasteiger partial charge in [0.25, 0.3) is 0 Å². The van der Waals surface area contributed by atoms with Gasteiger partial charge in [-0.2, -0.15) is 0 Å². The van der Waals surface area contributed by atoms with Crippen LogP contribution in [0.15, 0.2) is 99.9 Å². The van der Waals surface area contributed by atoms with Crippen LogP contribution in [0.2, 0.25) is 0 Å². The molecule has 0 saturated carbocycles. The lowest BCUT2D eigenvalue weighted by Gasteiger charge is -2.10. The lowest BCUT2D eigenvalue weighted by Crippen LogP contribution is -2.02. The van der Waals surface area contributed by atoms with Gasteiger partial charge in [0, 0.05) is 20.9 Å². The minimum absolute atomic E-state index is 0.553. The maximum atomic E-state index is 5.96. The van der Waals surface area contributed by atoms with Gasteiger partial charge in [0.15, 0.2) is 5.65 Å². The highest BCUT2D eigenvalue weighted by molar-refractivity contribution is 9.11. The molecule has 0 spiro atoms. The smallest absolute Gasteiger partial charge is 0.160 e.